The minimum atomic E-state index is -0.684. The third-order valence-electron chi connectivity index (χ3n) is 2.58. The molecular formula is C11H13BN2O4. The number of benzene rings is 1. The molecule has 0 amide bonds. The number of esters is 1. The molecule has 0 aliphatic carbocycles. The summed E-state index contributed by atoms with van der Waals surface area (Å²) >= 11 is 0. The summed E-state index contributed by atoms with van der Waals surface area (Å²) in [4.78, 5) is 21.7. The van der Waals surface area contributed by atoms with Gasteiger partial charge in [-0.2, -0.15) is 0 Å². The zero-order valence-corrected chi connectivity index (χ0v) is 10.4. The molecule has 0 bridgehead atoms. The minimum absolute atomic E-state index is 0.134. The van der Waals surface area contributed by atoms with Gasteiger partial charge in [0.2, 0.25) is 0 Å². The highest BCUT2D eigenvalue weighted by atomic mass is 16.6. The van der Waals surface area contributed by atoms with E-state index in [0.717, 1.165) is 0 Å². The van der Waals surface area contributed by atoms with E-state index in [2.05, 4.69) is 10.1 Å². The molecule has 0 spiro atoms. The molecule has 18 heavy (non-hydrogen) atoms. The maximum Gasteiger partial charge on any atom is 0.327 e. The third-order valence-corrected chi connectivity index (χ3v) is 2.58. The van der Waals surface area contributed by atoms with Crippen molar-refractivity contribution in [3.63, 3.8) is 0 Å². The Morgan fingerprint density at radius 3 is 2.67 bits per heavy atom. The quantitative estimate of drug-likeness (QED) is 0.366. The molecule has 1 N–H and O–H groups in total. The first-order chi connectivity index (χ1) is 8.38. The van der Waals surface area contributed by atoms with Crippen molar-refractivity contribution in [3.8, 4) is 0 Å². The van der Waals surface area contributed by atoms with Crippen LogP contribution in [0.15, 0.2) is 12.1 Å². The molecule has 1 aromatic rings. The molecule has 6 nitrogen and oxygen atoms in total. The van der Waals surface area contributed by atoms with E-state index in [1.165, 1.54) is 13.2 Å². The Bertz CT molecular complexity index is 490. The fraction of sp³-hybridized carbons (Fsp3) is 0.364. The minimum Gasteiger partial charge on any atom is -0.467 e. The van der Waals surface area contributed by atoms with Crippen LogP contribution in [0.3, 0.4) is 0 Å². The van der Waals surface area contributed by atoms with Crippen molar-refractivity contribution in [2.75, 3.05) is 12.4 Å². The molecule has 1 unspecified atom stereocenters. The molecule has 0 aliphatic rings. The maximum atomic E-state index is 11.3. The van der Waals surface area contributed by atoms with Gasteiger partial charge >= 0.3 is 5.97 Å². The van der Waals surface area contributed by atoms with Crippen molar-refractivity contribution < 1.29 is 14.5 Å². The lowest BCUT2D eigenvalue weighted by Gasteiger charge is -2.14. The van der Waals surface area contributed by atoms with Crippen molar-refractivity contribution in [3.05, 3.63) is 27.8 Å². The summed E-state index contributed by atoms with van der Waals surface area (Å²) < 4.78 is 4.54. The lowest BCUT2D eigenvalue weighted by Crippen LogP contribution is -2.28. The average molecular weight is 248 g/mol. The molecule has 7 heteroatoms. The summed E-state index contributed by atoms with van der Waals surface area (Å²) in [5.74, 6) is -0.501. The Kier molecular flexibility index (Phi) is 4.30. The van der Waals surface area contributed by atoms with E-state index >= 15 is 0 Å². The Hall–Kier alpha value is -2.05. The lowest BCUT2D eigenvalue weighted by molar-refractivity contribution is -0.384. The Morgan fingerprint density at radius 2 is 2.17 bits per heavy atom. The molecule has 0 fully saturated rings. The molecule has 0 saturated heterocycles. The van der Waals surface area contributed by atoms with E-state index in [-0.39, 0.29) is 11.4 Å². The molecule has 0 aliphatic heterocycles. The summed E-state index contributed by atoms with van der Waals surface area (Å²) in [6.07, 6.45) is 0. The molecule has 1 aromatic carbocycles. The van der Waals surface area contributed by atoms with Crippen molar-refractivity contribution in [2.24, 2.45) is 0 Å². The van der Waals surface area contributed by atoms with Crippen LogP contribution in [0.1, 0.15) is 12.5 Å². The van der Waals surface area contributed by atoms with Crippen LogP contribution in [0.5, 0.6) is 0 Å². The first-order valence-electron chi connectivity index (χ1n) is 5.26. The number of hydrogen-bond acceptors (Lipinski definition) is 5. The SMILES string of the molecule is [B]c1ccc(NC(C)C(=O)OC)c([N+](=O)[O-])c1C. The van der Waals surface area contributed by atoms with Crippen LogP contribution in [0.2, 0.25) is 0 Å². The Labute approximate surface area is 106 Å². The number of nitro benzene ring substituents is 1. The van der Waals surface area contributed by atoms with E-state index in [9.17, 15) is 14.9 Å². The predicted octanol–water partition coefficient (Wildman–Crippen LogP) is 0.670. The fourth-order valence-corrected chi connectivity index (χ4v) is 1.54. The van der Waals surface area contributed by atoms with Gasteiger partial charge in [-0.05, 0) is 19.9 Å². The van der Waals surface area contributed by atoms with Crippen molar-refractivity contribution in [1.29, 1.82) is 0 Å². The first kappa shape index (κ1) is 14.0. The number of nitro groups is 1. The number of rotatable bonds is 4. The van der Waals surface area contributed by atoms with E-state index < -0.39 is 16.9 Å². The lowest BCUT2D eigenvalue weighted by atomic mass is 9.89. The fourth-order valence-electron chi connectivity index (χ4n) is 1.54. The van der Waals surface area contributed by atoms with Gasteiger partial charge in [0.15, 0.2) is 0 Å². The van der Waals surface area contributed by atoms with Gasteiger partial charge in [-0.15, -0.1) is 0 Å². The summed E-state index contributed by atoms with van der Waals surface area (Å²) in [6, 6.07) is 2.34. The highest BCUT2D eigenvalue weighted by Gasteiger charge is 2.22. The van der Waals surface area contributed by atoms with Gasteiger partial charge in [0.1, 0.15) is 19.6 Å². The zero-order valence-electron chi connectivity index (χ0n) is 10.4. The van der Waals surface area contributed by atoms with Crippen molar-refractivity contribution >= 4 is 30.7 Å². The Balaban J connectivity index is 3.13. The monoisotopic (exact) mass is 248 g/mol. The van der Waals surface area contributed by atoms with Gasteiger partial charge in [-0.3, -0.25) is 10.1 Å². The number of anilines is 1. The number of methoxy groups -OCH3 is 1. The zero-order chi connectivity index (χ0) is 13.9. The molecule has 0 saturated carbocycles. The van der Waals surface area contributed by atoms with E-state index in [1.54, 1.807) is 19.9 Å². The first-order valence-corrected chi connectivity index (χ1v) is 5.26. The summed E-state index contributed by atoms with van der Waals surface area (Å²) in [6.45, 7) is 3.11. The maximum absolute atomic E-state index is 11.3. The summed E-state index contributed by atoms with van der Waals surface area (Å²) in [5, 5.41) is 13.7. The highest BCUT2D eigenvalue weighted by Crippen LogP contribution is 2.27. The number of nitrogens with zero attached hydrogens (tertiary/aromatic N) is 1. The van der Waals surface area contributed by atoms with Gasteiger partial charge in [0.05, 0.1) is 12.0 Å². The third kappa shape index (κ3) is 2.79. The van der Waals surface area contributed by atoms with Crippen LogP contribution in [-0.4, -0.2) is 31.9 Å². The molecule has 0 heterocycles. The van der Waals surface area contributed by atoms with Crippen LogP contribution in [-0.2, 0) is 9.53 Å². The smallest absolute Gasteiger partial charge is 0.327 e. The van der Waals surface area contributed by atoms with Crippen molar-refractivity contribution in [1.82, 2.24) is 0 Å². The second-order valence-electron chi connectivity index (χ2n) is 3.82. The van der Waals surface area contributed by atoms with Gasteiger partial charge in [-0.1, -0.05) is 11.5 Å². The van der Waals surface area contributed by atoms with Gasteiger partial charge in [0, 0.05) is 5.56 Å². The van der Waals surface area contributed by atoms with Crippen LogP contribution in [0.4, 0.5) is 11.4 Å². The van der Waals surface area contributed by atoms with E-state index in [0.29, 0.717) is 11.0 Å². The van der Waals surface area contributed by atoms with Crippen LogP contribution in [0.25, 0.3) is 0 Å². The topological polar surface area (TPSA) is 81.5 Å². The molecule has 2 radical (unpaired) electrons. The highest BCUT2D eigenvalue weighted by molar-refractivity contribution is 6.33. The van der Waals surface area contributed by atoms with Gasteiger partial charge in [-0.25, -0.2) is 4.79 Å². The normalized spacial score (nSPS) is 11.7. The number of nitrogens with one attached hydrogen (secondary N) is 1. The average Bonchev–Trinajstić information content (AvgIpc) is 2.32. The van der Waals surface area contributed by atoms with Gasteiger partial charge in [0.25, 0.3) is 5.69 Å². The largest absolute Gasteiger partial charge is 0.467 e. The molecule has 94 valence electrons. The van der Waals surface area contributed by atoms with Crippen molar-refractivity contribution in [2.45, 2.75) is 19.9 Å². The number of hydrogen-bond donors (Lipinski definition) is 1. The molecule has 0 aromatic heterocycles. The van der Waals surface area contributed by atoms with E-state index in [4.69, 9.17) is 7.85 Å². The number of carbonyl (C=O) groups is 1. The van der Waals surface area contributed by atoms with Gasteiger partial charge < -0.3 is 10.1 Å². The van der Waals surface area contributed by atoms with Crippen LogP contribution in [0, 0.1) is 17.0 Å². The Morgan fingerprint density at radius 1 is 1.56 bits per heavy atom. The second-order valence-corrected chi connectivity index (χ2v) is 3.82. The van der Waals surface area contributed by atoms with Crippen LogP contribution < -0.4 is 10.8 Å². The number of carbonyl (C=O) groups excluding carboxylic acids is 1. The van der Waals surface area contributed by atoms with Crippen LogP contribution >= 0.6 is 0 Å². The van der Waals surface area contributed by atoms with E-state index in [1.807, 2.05) is 0 Å². The summed E-state index contributed by atoms with van der Waals surface area (Å²) in [5.41, 5.74) is 0.801. The molecular weight excluding hydrogens is 235 g/mol. The standard InChI is InChI=1S/C11H13BN2O4/c1-6-8(12)4-5-9(10(6)14(16)17)13-7(2)11(15)18-3/h4-5,7,13H,1-3H3. The molecule has 1 rings (SSSR count). The molecule has 1 atom stereocenters. The predicted molar refractivity (Wildman–Crippen MR) is 68.3 cm³/mol. The second kappa shape index (κ2) is 5.53. The number of ether oxygens (including phenoxy) is 1. The summed E-state index contributed by atoms with van der Waals surface area (Å²) in [7, 11) is 6.87.